The average Bonchev–Trinajstić information content (AvgIpc) is 2.77. The number of nitrogens with one attached hydrogen (secondary N) is 1. The molecule has 7 nitrogen and oxygen atoms in total. The third kappa shape index (κ3) is 3.24. The van der Waals surface area contributed by atoms with Crippen LogP contribution >= 0.6 is 12.4 Å². The third-order valence-electron chi connectivity index (χ3n) is 2.56. The molecule has 0 fully saturated rings. The van der Waals surface area contributed by atoms with E-state index >= 15 is 0 Å². The van der Waals surface area contributed by atoms with Crippen molar-refractivity contribution < 1.29 is 9.32 Å². The zero-order valence-corrected chi connectivity index (χ0v) is 12.2. The summed E-state index contributed by atoms with van der Waals surface area (Å²) in [6.45, 7) is 5.01. The number of nitrogens with zero attached hydrogens (tertiary/aromatic N) is 3. The number of rotatable bonds is 3. The van der Waals surface area contributed by atoms with E-state index in [0.29, 0.717) is 17.1 Å². The Bertz CT molecular complexity index is 611. The first-order valence-corrected chi connectivity index (χ1v) is 5.73. The number of aromatic nitrogens is 3. The Hall–Kier alpha value is -2.15. The second kappa shape index (κ2) is 5.87. The van der Waals surface area contributed by atoms with Gasteiger partial charge in [-0.2, -0.15) is 4.98 Å². The normalized spacial score (nSPS) is 10.8. The van der Waals surface area contributed by atoms with E-state index < -0.39 is 5.54 Å². The fraction of sp³-hybridized carbons (Fsp3) is 0.333. The number of hydrogen-bond acceptors (Lipinski definition) is 6. The zero-order chi connectivity index (χ0) is 14.0. The summed E-state index contributed by atoms with van der Waals surface area (Å²) >= 11 is 0. The van der Waals surface area contributed by atoms with Crippen LogP contribution in [0.2, 0.25) is 0 Å². The topological polar surface area (TPSA) is 107 Å². The predicted octanol–water partition coefficient (Wildman–Crippen LogP) is 1.51. The van der Waals surface area contributed by atoms with Gasteiger partial charge in [0.2, 0.25) is 5.91 Å². The third-order valence-corrected chi connectivity index (χ3v) is 2.56. The van der Waals surface area contributed by atoms with E-state index in [0.717, 1.165) is 0 Å². The highest BCUT2D eigenvalue weighted by Crippen LogP contribution is 2.25. The van der Waals surface area contributed by atoms with Crippen LogP contribution < -0.4 is 11.1 Å². The molecule has 0 aliphatic carbocycles. The van der Waals surface area contributed by atoms with Gasteiger partial charge in [-0.15, -0.1) is 12.4 Å². The molecule has 0 aromatic carbocycles. The number of carbonyl (C=O) groups is 1. The quantitative estimate of drug-likeness (QED) is 0.889. The summed E-state index contributed by atoms with van der Waals surface area (Å²) in [5, 5.41) is 6.62. The van der Waals surface area contributed by atoms with Gasteiger partial charge in [0.05, 0.1) is 11.1 Å². The summed E-state index contributed by atoms with van der Waals surface area (Å²) in [5.41, 5.74) is 6.17. The van der Waals surface area contributed by atoms with E-state index in [1.165, 1.54) is 6.92 Å². The van der Waals surface area contributed by atoms with Crippen LogP contribution in [0.5, 0.6) is 0 Å². The maximum Gasteiger partial charge on any atom is 0.261 e. The first kappa shape index (κ1) is 15.9. The molecule has 2 rings (SSSR count). The molecule has 3 N–H and O–H groups in total. The minimum atomic E-state index is -0.718. The van der Waals surface area contributed by atoms with Crippen molar-refractivity contribution in [1.29, 1.82) is 0 Å². The second-order valence-corrected chi connectivity index (χ2v) is 4.69. The maximum absolute atomic E-state index is 11.1. The van der Waals surface area contributed by atoms with E-state index in [9.17, 15) is 4.79 Å². The Morgan fingerprint density at radius 3 is 2.75 bits per heavy atom. The molecule has 108 valence electrons. The van der Waals surface area contributed by atoms with E-state index in [1.54, 1.807) is 32.3 Å². The van der Waals surface area contributed by atoms with Gasteiger partial charge in [-0.05, 0) is 19.9 Å². The number of amides is 1. The van der Waals surface area contributed by atoms with Crippen molar-refractivity contribution >= 4 is 24.0 Å². The number of nitrogens with two attached hydrogens (primary N) is 1. The Kier molecular flexibility index (Phi) is 4.67. The number of nitrogen functional groups attached to an aromatic ring is 1. The molecule has 0 saturated carbocycles. The standard InChI is InChI=1S/C12H15N5O2.ClH/c1-7(18)16-12(2,3)11-15-10(19-17-11)8-6-14-5-4-9(8)13;/h4-6H,1-3H3,(H2,13,14)(H,16,18);1H. The van der Waals surface area contributed by atoms with E-state index in [4.69, 9.17) is 10.3 Å². The lowest BCUT2D eigenvalue weighted by atomic mass is 10.1. The molecule has 0 radical (unpaired) electrons. The molecule has 0 saturated heterocycles. The highest BCUT2D eigenvalue weighted by Gasteiger charge is 2.28. The fourth-order valence-electron chi connectivity index (χ4n) is 1.67. The summed E-state index contributed by atoms with van der Waals surface area (Å²) in [4.78, 5) is 19.4. The van der Waals surface area contributed by atoms with Crippen LogP contribution in [-0.2, 0) is 10.3 Å². The molecule has 2 aromatic heterocycles. The van der Waals surface area contributed by atoms with Gasteiger partial charge in [0.1, 0.15) is 0 Å². The van der Waals surface area contributed by atoms with Crippen molar-refractivity contribution in [3.8, 4) is 11.5 Å². The van der Waals surface area contributed by atoms with Crippen molar-refractivity contribution in [3.63, 3.8) is 0 Å². The molecule has 2 heterocycles. The van der Waals surface area contributed by atoms with Crippen molar-refractivity contribution in [2.45, 2.75) is 26.3 Å². The zero-order valence-electron chi connectivity index (χ0n) is 11.4. The SMILES string of the molecule is CC(=O)NC(C)(C)c1noc(-c2cnccc2N)n1.Cl. The van der Waals surface area contributed by atoms with Crippen molar-refractivity contribution in [1.82, 2.24) is 20.4 Å². The van der Waals surface area contributed by atoms with Crippen LogP contribution in [0.15, 0.2) is 23.0 Å². The Morgan fingerprint density at radius 2 is 2.15 bits per heavy atom. The number of pyridine rings is 1. The van der Waals surface area contributed by atoms with Gasteiger partial charge in [0.25, 0.3) is 5.89 Å². The van der Waals surface area contributed by atoms with Crippen LogP contribution in [0.1, 0.15) is 26.6 Å². The van der Waals surface area contributed by atoms with Gasteiger partial charge < -0.3 is 15.6 Å². The van der Waals surface area contributed by atoms with Crippen LogP contribution in [0.25, 0.3) is 11.5 Å². The van der Waals surface area contributed by atoms with Gasteiger partial charge in [0, 0.05) is 25.0 Å². The number of halogens is 1. The van der Waals surface area contributed by atoms with Crippen LogP contribution in [-0.4, -0.2) is 21.0 Å². The first-order valence-electron chi connectivity index (χ1n) is 5.73. The van der Waals surface area contributed by atoms with E-state index in [-0.39, 0.29) is 24.2 Å². The summed E-state index contributed by atoms with van der Waals surface area (Å²) < 4.78 is 5.17. The lowest BCUT2D eigenvalue weighted by molar-refractivity contribution is -0.120. The Balaban J connectivity index is 0.00000200. The summed E-state index contributed by atoms with van der Waals surface area (Å²) in [7, 11) is 0. The van der Waals surface area contributed by atoms with Crippen LogP contribution in [0.3, 0.4) is 0 Å². The summed E-state index contributed by atoms with van der Waals surface area (Å²) in [6, 6.07) is 1.65. The Labute approximate surface area is 122 Å². The van der Waals surface area contributed by atoms with Crippen LogP contribution in [0.4, 0.5) is 5.69 Å². The van der Waals surface area contributed by atoms with Gasteiger partial charge in [0.15, 0.2) is 5.82 Å². The molecular weight excluding hydrogens is 282 g/mol. The van der Waals surface area contributed by atoms with Crippen molar-refractivity contribution in [2.24, 2.45) is 0 Å². The van der Waals surface area contributed by atoms with Gasteiger partial charge in [-0.3, -0.25) is 9.78 Å². The van der Waals surface area contributed by atoms with E-state index in [1.807, 2.05) is 0 Å². The lowest BCUT2D eigenvalue weighted by Gasteiger charge is -2.20. The molecule has 8 heteroatoms. The molecule has 1 amide bonds. The van der Waals surface area contributed by atoms with Crippen molar-refractivity contribution in [2.75, 3.05) is 5.73 Å². The highest BCUT2D eigenvalue weighted by molar-refractivity contribution is 5.85. The maximum atomic E-state index is 11.1. The minimum absolute atomic E-state index is 0. The summed E-state index contributed by atoms with van der Waals surface area (Å²) in [6.07, 6.45) is 3.13. The lowest BCUT2D eigenvalue weighted by Crippen LogP contribution is -2.40. The molecular formula is C12H16ClN5O2. The molecule has 0 bridgehead atoms. The molecule has 0 aliphatic heterocycles. The average molecular weight is 298 g/mol. The smallest absolute Gasteiger partial charge is 0.261 e. The van der Waals surface area contributed by atoms with Gasteiger partial charge >= 0.3 is 0 Å². The molecule has 0 spiro atoms. The molecule has 2 aromatic rings. The number of anilines is 1. The highest BCUT2D eigenvalue weighted by atomic mass is 35.5. The molecule has 0 aliphatic rings. The van der Waals surface area contributed by atoms with Gasteiger partial charge in [-0.1, -0.05) is 5.16 Å². The molecule has 0 unspecified atom stereocenters. The summed E-state index contributed by atoms with van der Waals surface area (Å²) in [5.74, 6) is 0.484. The largest absolute Gasteiger partial charge is 0.398 e. The minimum Gasteiger partial charge on any atom is -0.398 e. The van der Waals surface area contributed by atoms with Crippen LogP contribution in [0, 0.1) is 0 Å². The monoisotopic (exact) mass is 297 g/mol. The van der Waals surface area contributed by atoms with Crippen molar-refractivity contribution in [3.05, 3.63) is 24.3 Å². The van der Waals surface area contributed by atoms with E-state index in [2.05, 4.69) is 20.4 Å². The number of carbonyl (C=O) groups excluding carboxylic acids is 1. The molecule has 0 atom stereocenters. The number of hydrogen-bond donors (Lipinski definition) is 2. The molecule has 20 heavy (non-hydrogen) atoms. The fourth-order valence-corrected chi connectivity index (χ4v) is 1.67. The second-order valence-electron chi connectivity index (χ2n) is 4.69. The van der Waals surface area contributed by atoms with Gasteiger partial charge in [-0.25, -0.2) is 0 Å². The predicted molar refractivity (Wildman–Crippen MR) is 76.0 cm³/mol. The first-order chi connectivity index (χ1) is 8.90. The Morgan fingerprint density at radius 1 is 1.45 bits per heavy atom.